The molecule has 2 rings (SSSR count). The van der Waals surface area contributed by atoms with Crippen molar-refractivity contribution < 1.29 is 13.2 Å². The maximum atomic E-state index is 12.1. The van der Waals surface area contributed by atoms with Crippen LogP contribution in [0.4, 0.5) is 0 Å². The van der Waals surface area contributed by atoms with Gasteiger partial charge < -0.3 is 4.74 Å². The lowest BCUT2D eigenvalue weighted by Gasteiger charge is -2.06. The normalized spacial score (nSPS) is 11.7. The quantitative estimate of drug-likeness (QED) is 0.846. The van der Waals surface area contributed by atoms with Crippen molar-refractivity contribution in [3.05, 3.63) is 45.9 Å². The van der Waals surface area contributed by atoms with Gasteiger partial charge in [0.25, 0.3) is 0 Å². The summed E-state index contributed by atoms with van der Waals surface area (Å²) >= 11 is 1.52. The van der Waals surface area contributed by atoms with Gasteiger partial charge in [0.1, 0.15) is 5.01 Å². The van der Waals surface area contributed by atoms with Crippen LogP contribution in [0.1, 0.15) is 16.3 Å². The van der Waals surface area contributed by atoms with Crippen molar-refractivity contribution in [1.82, 2.24) is 9.71 Å². The molecule has 0 bridgehead atoms. The Bertz CT molecular complexity index is 678. The van der Waals surface area contributed by atoms with Gasteiger partial charge in [0.05, 0.1) is 17.2 Å². The lowest BCUT2D eigenvalue weighted by Crippen LogP contribution is -2.26. The van der Waals surface area contributed by atoms with Crippen LogP contribution in [0.3, 0.4) is 0 Å². The third-order valence-electron chi connectivity index (χ3n) is 2.87. The van der Waals surface area contributed by atoms with E-state index in [0.29, 0.717) is 19.6 Å². The molecule has 7 heteroatoms. The van der Waals surface area contributed by atoms with E-state index < -0.39 is 10.0 Å². The van der Waals surface area contributed by atoms with Crippen LogP contribution >= 0.6 is 11.3 Å². The number of methoxy groups -OCH3 is 1. The topological polar surface area (TPSA) is 68.3 Å². The van der Waals surface area contributed by atoms with Crippen LogP contribution < -0.4 is 4.72 Å². The Labute approximate surface area is 129 Å². The van der Waals surface area contributed by atoms with E-state index in [1.807, 2.05) is 12.3 Å². The Balaban J connectivity index is 1.91. The van der Waals surface area contributed by atoms with Crippen molar-refractivity contribution in [2.75, 3.05) is 13.7 Å². The van der Waals surface area contributed by atoms with Crippen molar-refractivity contribution in [2.45, 2.75) is 24.8 Å². The summed E-state index contributed by atoms with van der Waals surface area (Å²) in [6.07, 6.45) is 0.561. The number of aromatic nitrogens is 1. The van der Waals surface area contributed by atoms with Crippen molar-refractivity contribution in [2.24, 2.45) is 0 Å². The largest absolute Gasteiger partial charge is 0.378 e. The molecule has 1 heterocycles. The zero-order valence-electron chi connectivity index (χ0n) is 12.0. The van der Waals surface area contributed by atoms with Crippen molar-refractivity contribution in [1.29, 1.82) is 0 Å². The van der Waals surface area contributed by atoms with Gasteiger partial charge in [-0.05, 0) is 19.1 Å². The van der Waals surface area contributed by atoms with Crippen LogP contribution in [0.25, 0.3) is 0 Å². The van der Waals surface area contributed by atoms with E-state index in [0.717, 1.165) is 16.3 Å². The molecular formula is C14H18N2O3S2. The van der Waals surface area contributed by atoms with Gasteiger partial charge in [-0.3, -0.25) is 0 Å². The van der Waals surface area contributed by atoms with Crippen LogP contribution in [-0.4, -0.2) is 27.1 Å². The summed E-state index contributed by atoms with van der Waals surface area (Å²) in [5.74, 6) is 0. The van der Waals surface area contributed by atoms with Crippen LogP contribution in [0.2, 0.25) is 0 Å². The minimum atomic E-state index is -3.45. The van der Waals surface area contributed by atoms with Gasteiger partial charge in [-0.15, -0.1) is 11.3 Å². The van der Waals surface area contributed by atoms with Gasteiger partial charge >= 0.3 is 0 Å². The maximum Gasteiger partial charge on any atom is 0.240 e. The van der Waals surface area contributed by atoms with E-state index in [9.17, 15) is 8.42 Å². The van der Waals surface area contributed by atoms with Crippen molar-refractivity contribution in [3.63, 3.8) is 0 Å². The standard InChI is InChI=1S/C14H18N2O3S2/c1-11-3-5-13(6-4-11)21(17,18)15-8-7-12-10-20-14(16-12)9-19-2/h3-6,10,15H,7-9H2,1-2H3. The Morgan fingerprint density at radius 2 is 2.00 bits per heavy atom. The number of rotatable bonds is 7. The second-order valence-corrected chi connectivity index (χ2v) is 7.34. The third kappa shape index (κ3) is 4.60. The summed E-state index contributed by atoms with van der Waals surface area (Å²) < 4.78 is 31.8. The molecule has 114 valence electrons. The minimum absolute atomic E-state index is 0.284. The molecule has 0 fully saturated rings. The van der Waals surface area contributed by atoms with Crippen LogP contribution in [0.15, 0.2) is 34.5 Å². The second kappa shape index (κ2) is 7.13. The molecular weight excluding hydrogens is 308 g/mol. The molecule has 21 heavy (non-hydrogen) atoms. The number of sulfonamides is 1. The molecule has 0 saturated heterocycles. The fraction of sp³-hybridized carbons (Fsp3) is 0.357. The molecule has 0 radical (unpaired) electrons. The number of hydrogen-bond donors (Lipinski definition) is 1. The Kier molecular flexibility index (Phi) is 5.46. The fourth-order valence-electron chi connectivity index (χ4n) is 1.77. The summed E-state index contributed by atoms with van der Waals surface area (Å²) in [4.78, 5) is 4.65. The van der Waals surface area contributed by atoms with Gasteiger partial charge in [-0.25, -0.2) is 18.1 Å². The van der Waals surface area contributed by atoms with Gasteiger partial charge in [0.15, 0.2) is 0 Å². The number of aryl methyl sites for hydroxylation is 1. The first-order valence-corrected chi connectivity index (χ1v) is 8.86. The molecule has 0 amide bonds. The first kappa shape index (κ1) is 16.1. The summed E-state index contributed by atoms with van der Waals surface area (Å²) in [7, 11) is -1.83. The molecule has 0 aliphatic rings. The summed E-state index contributed by atoms with van der Waals surface area (Å²) in [5, 5.41) is 2.82. The summed E-state index contributed by atoms with van der Waals surface area (Å²) in [6.45, 7) is 2.73. The van der Waals surface area contributed by atoms with Gasteiger partial charge in [0.2, 0.25) is 10.0 Å². The van der Waals surface area contributed by atoms with Crippen LogP contribution in [-0.2, 0) is 27.8 Å². The maximum absolute atomic E-state index is 12.1. The highest BCUT2D eigenvalue weighted by molar-refractivity contribution is 7.89. The monoisotopic (exact) mass is 326 g/mol. The first-order chi connectivity index (χ1) is 10.0. The van der Waals surface area contributed by atoms with Gasteiger partial charge in [-0.2, -0.15) is 0 Å². The lowest BCUT2D eigenvalue weighted by molar-refractivity contribution is 0.184. The summed E-state index contributed by atoms with van der Waals surface area (Å²) in [6, 6.07) is 6.78. The predicted octanol–water partition coefficient (Wildman–Crippen LogP) is 2.12. The van der Waals surface area contributed by atoms with E-state index in [1.54, 1.807) is 31.4 Å². The first-order valence-electron chi connectivity index (χ1n) is 6.50. The van der Waals surface area contributed by atoms with E-state index in [2.05, 4.69) is 9.71 Å². The summed E-state index contributed by atoms with van der Waals surface area (Å²) in [5.41, 5.74) is 1.90. The van der Waals surface area contributed by atoms with Crippen molar-refractivity contribution in [3.8, 4) is 0 Å². The molecule has 0 saturated carbocycles. The van der Waals surface area contributed by atoms with E-state index in [-0.39, 0.29) is 4.90 Å². The second-order valence-electron chi connectivity index (χ2n) is 4.63. The number of hydrogen-bond acceptors (Lipinski definition) is 5. The highest BCUT2D eigenvalue weighted by Crippen LogP contribution is 2.12. The van der Waals surface area contributed by atoms with Gasteiger partial charge in [0, 0.05) is 25.5 Å². The average molecular weight is 326 g/mol. The van der Waals surface area contributed by atoms with Crippen LogP contribution in [0.5, 0.6) is 0 Å². The SMILES string of the molecule is COCc1nc(CCNS(=O)(=O)c2ccc(C)cc2)cs1. The molecule has 0 atom stereocenters. The zero-order valence-corrected chi connectivity index (χ0v) is 13.6. The molecule has 1 aromatic carbocycles. The predicted molar refractivity (Wildman–Crippen MR) is 82.9 cm³/mol. The zero-order chi connectivity index (χ0) is 15.3. The van der Waals surface area contributed by atoms with E-state index >= 15 is 0 Å². The molecule has 0 aliphatic carbocycles. The number of thiazole rings is 1. The average Bonchev–Trinajstić information content (AvgIpc) is 2.87. The smallest absolute Gasteiger partial charge is 0.240 e. The number of ether oxygens (including phenoxy) is 1. The highest BCUT2D eigenvalue weighted by atomic mass is 32.2. The lowest BCUT2D eigenvalue weighted by atomic mass is 10.2. The van der Waals surface area contributed by atoms with Crippen molar-refractivity contribution >= 4 is 21.4 Å². The van der Waals surface area contributed by atoms with Gasteiger partial charge in [-0.1, -0.05) is 17.7 Å². The number of nitrogens with one attached hydrogen (secondary N) is 1. The fourth-order valence-corrected chi connectivity index (χ4v) is 3.60. The Morgan fingerprint density at radius 1 is 1.29 bits per heavy atom. The molecule has 0 aliphatic heterocycles. The number of nitrogens with zero attached hydrogens (tertiary/aromatic N) is 1. The highest BCUT2D eigenvalue weighted by Gasteiger charge is 2.13. The molecule has 5 nitrogen and oxygen atoms in total. The molecule has 0 spiro atoms. The van der Waals surface area contributed by atoms with E-state index in [1.165, 1.54) is 11.3 Å². The third-order valence-corrected chi connectivity index (χ3v) is 5.22. The molecule has 2 aromatic rings. The Morgan fingerprint density at radius 3 is 2.67 bits per heavy atom. The number of benzene rings is 1. The Hall–Kier alpha value is -1.28. The minimum Gasteiger partial charge on any atom is -0.378 e. The van der Waals surface area contributed by atoms with Crippen LogP contribution in [0, 0.1) is 6.92 Å². The molecule has 0 unspecified atom stereocenters. The van der Waals surface area contributed by atoms with E-state index in [4.69, 9.17) is 4.74 Å². The molecule has 1 N–H and O–H groups in total. The molecule has 1 aromatic heterocycles.